The Morgan fingerprint density at radius 3 is 2.60 bits per heavy atom. The summed E-state index contributed by atoms with van der Waals surface area (Å²) >= 11 is 0. The fourth-order valence-electron chi connectivity index (χ4n) is 2.79. The van der Waals surface area contributed by atoms with Crippen molar-refractivity contribution in [2.45, 2.75) is 31.7 Å². The van der Waals surface area contributed by atoms with Gasteiger partial charge in [-0.3, -0.25) is 0 Å². The Bertz CT molecular complexity index is 828. The van der Waals surface area contributed by atoms with Crippen LogP contribution in [0.4, 0.5) is 13.2 Å². The van der Waals surface area contributed by atoms with E-state index in [-0.39, 0.29) is 30.5 Å². The minimum absolute atomic E-state index is 0. The summed E-state index contributed by atoms with van der Waals surface area (Å²) in [5.74, 6) is 0.589. The van der Waals surface area contributed by atoms with Crippen LogP contribution in [0.2, 0.25) is 0 Å². The number of rotatable bonds is 8. The molecule has 0 radical (unpaired) electrons. The molecule has 1 atom stereocenters. The largest absolute Gasteiger partial charge is 0.497 e. The molecule has 0 aliphatic heterocycles. The SMILES string of the molecule is CCNC(=NCc1cccc(OC)c1)NCCC(O)(c1nccn1C)C(F)(F)F.I. The van der Waals surface area contributed by atoms with Crippen LogP contribution in [0.15, 0.2) is 41.7 Å². The minimum atomic E-state index is -4.87. The first-order chi connectivity index (χ1) is 13.7. The first-order valence-electron chi connectivity index (χ1n) is 9.13. The Hall–Kier alpha value is -2.02. The van der Waals surface area contributed by atoms with E-state index in [0.717, 1.165) is 10.1 Å². The molecule has 7 nitrogen and oxygen atoms in total. The third-order valence-electron chi connectivity index (χ3n) is 4.34. The van der Waals surface area contributed by atoms with Crippen LogP contribution >= 0.6 is 24.0 Å². The number of imidazole rings is 1. The molecule has 0 spiro atoms. The minimum Gasteiger partial charge on any atom is -0.497 e. The highest BCUT2D eigenvalue weighted by Crippen LogP contribution is 2.40. The van der Waals surface area contributed by atoms with Crippen molar-refractivity contribution in [3.8, 4) is 5.75 Å². The molecule has 0 saturated heterocycles. The molecule has 1 aromatic heterocycles. The Kier molecular flexibility index (Phi) is 9.88. The number of alkyl halides is 3. The van der Waals surface area contributed by atoms with E-state index in [4.69, 9.17) is 4.74 Å². The van der Waals surface area contributed by atoms with E-state index in [1.165, 1.54) is 19.4 Å². The number of benzene rings is 1. The van der Waals surface area contributed by atoms with Crippen molar-refractivity contribution in [3.05, 3.63) is 48.0 Å². The number of hydrogen-bond acceptors (Lipinski definition) is 4. The number of aryl methyl sites for hydroxylation is 1. The van der Waals surface area contributed by atoms with Gasteiger partial charge in [-0.25, -0.2) is 9.98 Å². The van der Waals surface area contributed by atoms with Gasteiger partial charge in [0, 0.05) is 39.0 Å². The molecule has 0 bridgehead atoms. The molecular formula is C19H27F3IN5O2. The van der Waals surface area contributed by atoms with Crippen LogP contribution in [0.1, 0.15) is 24.7 Å². The zero-order chi connectivity index (χ0) is 21.5. The second kappa shape index (κ2) is 11.4. The van der Waals surface area contributed by atoms with Gasteiger partial charge in [-0.05, 0) is 24.6 Å². The highest BCUT2D eigenvalue weighted by Gasteiger charge is 2.57. The quantitative estimate of drug-likeness (QED) is 0.272. The van der Waals surface area contributed by atoms with Crippen molar-refractivity contribution in [1.29, 1.82) is 0 Å². The number of ether oxygens (including phenoxy) is 1. The highest BCUT2D eigenvalue weighted by molar-refractivity contribution is 14.0. The van der Waals surface area contributed by atoms with E-state index in [0.29, 0.717) is 24.8 Å². The van der Waals surface area contributed by atoms with Gasteiger partial charge < -0.3 is 25.0 Å². The molecule has 0 fully saturated rings. The van der Waals surface area contributed by atoms with E-state index < -0.39 is 24.0 Å². The van der Waals surface area contributed by atoms with Crippen LogP contribution < -0.4 is 15.4 Å². The second-order valence-corrected chi connectivity index (χ2v) is 6.44. The monoisotopic (exact) mass is 541 g/mol. The summed E-state index contributed by atoms with van der Waals surface area (Å²) in [6, 6.07) is 7.35. The van der Waals surface area contributed by atoms with Gasteiger partial charge in [0.1, 0.15) is 11.6 Å². The van der Waals surface area contributed by atoms with Gasteiger partial charge in [-0.2, -0.15) is 13.2 Å². The van der Waals surface area contributed by atoms with Gasteiger partial charge in [0.05, 0.1) is 13.7 Å². The Balaban J connectivity index is 0.00000450. The number of halogens is 4. The van der Waals surface area contributed by atoms with Gasteiger partial charge in [0.25, 0.3) is 0 Å². The van der Waals surface area contributed by atoms with Crippen LogP contribution in [-0.2, 0) is 19.2 Å². The molecule has 0 saturated carbocycles. The summed E-state index contributed by atoms with van der Waals surface area (Å²) in [5, 5.41) is 16.2. The van der Waals surface area contributed by atoms with Crippen LogP contribution in [0.5, 0.6) is 5.75 Å². The van der Waals surface area contributed by atoms with Crippen LogP contribution in [-0.4, -0.2) is 47.0 Å². The van der Waals surface area contributed by atoms with Gasteiger partial charge in [-0.1, -0.05) is 12.1 Å². The predicted octanol–water partition coefficient (Wildman–Crippen LogP) is 2.94. The predicted molar refractivity (Wildman–Crippen MR) is 119 cm³/mol. The number of nitrogens with zero attached hydrogens (tertiary/aromatic N) is 3. The zero-order valence-electron chi connectivity index (χ0n) is 17.0. The summed E-state index contributed by atoms with van der Waals surface area (Å²) in [7, 11) is 2.98. The molecule has 1 aromatic carbocycles. The maximum Gasteiger partial charge on any atom is 0.424 e. The number of guanidine groups is 1. The number of aliphatic hydroxyl groups is 1. The first kappa shape index (κ1) is 26.0. The van der Waals surface area contributed by atoms with E-state index in [2.05, 4.69) is 20.6 Å². The smallest absolute Gasteiger partial charge is 0.424 e. The molecule has 2 rings (SSSR count). The third-order valence-corrected chi connectivity index (χ3v) is 4.34. The molecule has 0 aliphatic rings. The molecule has 11 heteroatoms. The first-order valence-corrected chi connectivity index (χ1v) is 9.13. The van der Waals surface area contributed by atoms with E-state index in [1.54, 1.807) is 7.11 Å². The Morgan fingerprint density at radius 1 is 1.30 bits per heavy atom. The topological polar surface area (TPSA) is 83.7 Å². The zero-order valence-corrected chi connectivity index (χ0v) is 19.4. The number of nitrogens with one attached hydrogen (secondary N) is 2. The fourth-order valence-corrected chi connectivity index (χ4v) is 2.79. The second-order valence-electron chi connectivity index (χ2n) is 6.44. The van der Waals surface area contributed by atoms with Gasteiger partial charge in [0.2, 0.25) is 5.60 Å². The molecule has 30 heavy (non-hydrogen) atoms. The normalized spacial score (nSPS) is 13.9. The number of aromatic nitrogens is 2. The molecule has 0 aliphatic carbocycles. The lowest BCUT2D eigenvalue weighted by molar-refractivity contribution is -0.272. The van der Waals surface area contributed by atoms with Gasteiger partial charge in [-0.15, -0.1) is 24.0 Å². The fraction of sp³-hybridized carbons (Fsp3) is 0.474. The van der Waals surface area contributed by atoms with Crippen molar-refractivity contribution in [3.63, 3.8) is 0 Å². The van der Waals surface area contributed by atoms with Crippen LogP contribution in [0, 0.1) is 0 Å². The summed E-state index contributed by atoms with van der Waals surface area (Å²) in [6.07, 6.45) is -2.91. The molecule has 2 aromatic rings. The molecule has 1 heterocycles. The molecule has 3 N–H and O–H groups in total. The van der Waals surface area contributed by atoms with Crippen LogP contribution in [0.25, 0.3) is 0 Å². The Labute approximate surface area is 190 Å². The van der Waals surface area contributed by atoms with Crippen molar-refractivity contribution < 1.29 is 23.0 Å². The van der Waals surface area contributed by atoms with E-state index >= 15 is 0 Å². The van der Waals surface area contributed by atoms with Crippen molar-refractivity contribution in [1.82, 2.24) is 20.2 Å². The summed E-state index contributed by atoms with van der Waals surface area (Å²) in [6.45, 7) is 2.54. The summed E-state index contributed by atoms with van der Waals surface area (Å²) in [5.41, 5.74) is -2.18. The number of aliphatic imine (C=N–C) groups is 1. The maximum atomic E-state index is 13.6. The maximum absolute atomic E-state index is 13.6. The molecular weight excluding hydrogens is 514 g/mol. The van der Waals surface area contributed by atoms with Crippen LogP contribution in [0.3, 0.4) is 0 Å². The van der Waals surface area contributed by atoms with Gasteiger partial charge >= 0.3 is 6.18 Å². The number of hydrogen-bond donors (Lipinski definition) is 3. The van der Waals surface area contributed by atoms with Gasteiger partial charge in [0.15, 0.2) is 5.96 Å². The van der Waals surface area contributed by atoms with Crippen molar-refractivity contribution in [2.24, 2.45) is 12.0 Å². The van der Waals surface area contributed by atoms with E-state index in [9.17, 15) is 18.3 Å². The molecule has 1 unspecified atom stereocenters. The lowest BCUT2D eigenvalue weighted by Crippen LogP contribution is -2.47. The molecule has 168 valence electrons. The average Bonchev–Trinajstić information content (AvgIpc) is 3.11. The number of methoxy groups -OCH3 is 1. The summed E-state index contributed by atoms with van der Waals surface area (Å²) < 4.78 is 47.0. The van der Waals surface area contributed by atoms with E-state index in [1.807, 2.05) is 31.2 Å². The lowest BCUT2D eigenvalue weighted by atomic mass is 9.97. The third kappa shape index (κ3) is 6.49. The summed E-state index contributed by atoms with van der Waals surface area (Å²) in [4.78, 5) is 8.06. The average molecular weight is 541 g/mol. The van der Waals surface area contributed by atoms with Crippen molar-refractivity contribution >= 4 is 29.9 Å². The highest BCUT2D eigenvalue weighted by atomic mass is 127. The Morgan fingerprint density at radius 2 is 2.03 bits per heavy atom. The molecule has 0 amide bonds. The standard InChI is InChI=1S/C19H26F3N5O2.HI/c1-4-23-17(26-13-14-6-5-7-15(12-14)29-3)25-9-8-18(28,19(20,21)22)16-24-10-11-27(16)2;/h5-7,10-12,28H,4,8-9,13H2,1-3H3,(H2,23,25,26);1H. The van der Waals surface area contributed by atoms with Crippen molar-refractivity contribution in [2.75, 3.05) is 20.2 Å². The lowest BCUT2D eigenvalue weighted by Gasteiger charge is -2.30.